The molecule has 2 atom stereocenters. The van der Waals surface area contributed by atoms with E-state index in [1.807, 2.05) is 0 Å². The third-order valence-corrected chi connectivity index (χ3v) is 4.25. The van der Waals surface area contributed by atoms with Crippen LogP contribution in [0.1, 0.15) is 37.4 Å². The van der Waals surface area contributed by atoms with Crippen LogP contribution >= 0.6 is 11.3 Å². The van der Waals surface area contributed by atoms with Gasteiger partial charge in [-0.1, -0.05) is 13.8 Å². The van der Waals surface area contributed by atoms with Crippen LogP contribution < -0.4 is 0 Å². The van der Waals surface area contributed by atoms with Gasteiger partial charge in [0.25, 0.3) is 0 Å². The molecule has 1 aromatic heterocycles. The van der Waals surface area contributed by atoms with E-state index in [9.17, 15) is 5.11 Å². The van der Waals surface area contributed by atoms with Gasteiger partial charge in [-0.25, -0.2) is 4.98 Å². The van der Waals surface area contributed by atoms with E-state index in [1.54, 1.807) is 11.3 Å². The Morgan fingerprint density at radius 1 is 1.56 bits per heavy atom. The largest absolute Gasteiger partial charge is 0.394 e. The van der Waals surface area contributed by atoms with Gasteiger partial charge in [0.05, 0.1) is 29.5 Å². The predicted octanol–water partition coefficient (Wildman–Crippen LogP) is 1.85. The van der Waals surface area contributed by atoms with Crippen LogP contribution in [0.2, 0.25) is 0 Å². The molecule has 1 saturated heterocycles. The molecule has 0 aromatic carbocycles. The molecule has 2 rings (SSSR count). The molecular weight excluding hydrogens is 248 g/mol. The Hall–Kier alpha value is -0.490. The number of aliphatic hydroxyl groups is 1. The first kappa shape index (κ1) is 13.9. The number of morpholine rings is 1. The Bertz CT molecular complexity index is 381. The second-order valence-electron chi connectivity index (χ2n) is 5.28. The van der Waals surface area contributed by atoms with Gasteiger partial charge >= 0.3 is 0 Å². The van der Waals surface area contributed by atoms with Gasteiger partial charge < -0.3 is 9.84 Å². The summed E-state index contributed by atoms with van der Waals surface area (Å²) in [5.41, 5.74) is 1.13. The minimum absolute atomic E-state index is 0.0584. The van der Waals surface area contributed by atoms with Gasteiger partial charge in [-0.05, 0) is 6.92 Å². The second kappa shape index (κ2) is 6.10. The van der Waals surface area contributed by atoms with Crippen molar-refractivity contribution in [3.63, 3.8) is 0 Å². The summed E-state index contributed by atoms with van der Waals surface area (Å²) in [6, 6.07) is 0. The molecule has 0 radical (unpaired) electrons. The van der Waals surface area contributed by atoms with Crippen LogP contribution in [0.5, 0.6) is 0 Å². The highest BCUT2D eigenvalue weighted by molar-refractivity contribution is 7.09. The number of aliphatic hydroxyl groups excluding tert-OH is 1. The maximum absolute atomic E-state index is 9.20. The van der Waals surface area contributed by atoms with Gasteiger partial charge in [-0.15, -0.1) is 11.3 Å². The monoisotopic (exact) mass is 270 g/mol. The number of nitrogens with zero attached hydrogens (tertiary/aromatic N) is 2. The quantitative estimate of drug-likeness (QED) is 0.907. The van der Waals surface area contributed by atoms with Crippen molar-refractivity contribution in [1.82, 2.24) is 9.88 Å². The highest BCUT2D eigenvalue weighted by Crippen LogP contribution is 2.21. The maximum atomic E-state index is 9.20. The van der Waals surface area contributed by atoms with Crippen molar-refractivity contribution in [3.05, 3.63) is 16.1 Å². The molecule has 0 saturated carbocycles. The number of hydrogen-bond donors (Lipinski definition) is 1. The molecule has 5 heteroatoms. The lowest BCUT2D eigenvalue weighted by Gasteiger charge is -2.35. The van der Waals surface area contributed by atoms with E-state index in [1.165, 1.54) is 5.01 Å². The predicted molar refractivity (Wildman–Crippen MR) is 72.9 cm³/mol. The molecule has 0 amide bonds. The third-order valence-electron chi connectivity index (χ3n) is 3.05. The summed E-state index contributed by atoms with van der Waals surface area (Å²) >= 11 is 1.74. The molecule has 1 N–H and O–H groups in total. The van der Waals surface area contributed by atoms with Crippen LogP contribution in [0.4, 0.5) is 0 Å². The number of thiazole rings is 1. The summed E-state index contributed by atoms with van der Waals surface area (Å²) < 4.78 is 5.64. The Morgan fingerprint density at radius 2 is 2.33 bits per heavy atom. The van der Waals surface area contributed by atoms with Gasteiger partial charge in [-0.3, -0.25) is 4.90 Å². The van der Waals surface area contributed by atoms with Crippen molar-refractivity contribution < 1.29 is 9.84 Å². The Labute approximate surface area is 113 Å². The molecule has 1 aliphatic heterocycles. The van der Waals surface area contributed by atoms with Crippen LogP contribution in [0, 0.1) is 0 Å². The van der Waals surface area contributed by atoms with Crippen LogP contribution in [0.15, 0.2) is 5.38 Å². The minimum atomic E-state index is -0.0584. The molecule has 0 bridgehead atoms. The van der Waals surface area contributed by atoms with Crippen LogP contribution in [0.25, 0.3) is 0 Å². The number of aromatic nitrogens is 1. The Morgan fingerprint density at radius 3 is 2.94 bits per heavy atom. The summed E-state index contributed by atoms with van der Waals surface area (Å²) in [5, 5.41) is 12.5. The number of hydrogen-bond acceptors (Lipinski definition) is 5. The SMILES string of the molecule is CC1CN(Cc2csc(C(C)C)n2)CC(CO)O1. The van der Waals surface area contributed by atoms with E-state index in [0.29, 0.717) is 5.92 Å². The number of rotatable bonds is 4. The normalized spacial score (nSPS) is 25.8. The second-order valence-corrected chi connectivity index (χ2v) is 6.17. The van der Waals surface area contributed by atoms with Crippen molar-refractivity contribution in [3.8, 4) is 0 Å². The Balaban J connectivity index is 1.95. The van der Waals surface area contributed by atoms with E-state index >= 15 is 0 Å². The smallest absolute Gasteiger partial charge is 0.0954 e. The number of ether oxygens (including phenoxy) is 1. The highest BCUT2D eigenvalue weighted by Gasteiger charge is 2.25. The van der Waals surface area contributed by atoms with Crippen LogP contribution in [0.3, 0.4) is 0 Å². The molecule has 0 spiro atoms. The van der Waals surface area contributed by atoms with E-state index in [4.69, 9.17) is 4.74 Å². The van der Waals surface area contributed by atoms with Crippen molar-refractivity contribution >= 4 is 11.3 Å². The fourth-order valence-electron chi connectivity index (χ4n) is 2.26. The van der Waals surface area contributed by atoms with Gasteiger partial charge in [0.1, 0.15) is 0 Å². The zero-order valence-corrected chi connectivity index (χ0v) is 12.1. The lowest BCUT2D eigenvalue weighted by molar-refractivity contribution is -0.0974. The lowest BCUT2D eigenvalue weighted by atomic mass is 10.2. The van der Waals surface area contributed by atoms with E-state index in [0.717, 1.165) is 25.3 Å². The average molecular weight is 270 g/mol. The summed E-state index contributed by atoms with van der Waals surface area (Å²) in [7, 11) is 0. The van der Waals surface area contributed by atoms with Crippen LogP contribution in [-0.4, -0.2) is 46.9 Å². The zero-order valence-electron chi connectivity index (χ0n) is 11.3. The average Bonchev–Trinajstić information content (AvgIpc) is 2.76. The van der Waals surface area contributed by atoms with Gasteiger partial charge in [0.2, 0.25) is 0 Å². The van der Waals surface area contributed by atoms with Crippen molar-refractivity contribution in [2.75, 3.05) is 19.7 Å². The lowest BCUT2D eigenvalue weighted by Crippen LogP contribution is -2.47. The first-order valence-electron chi connectivity index (χ1n) is 6.51. The molecule has 1 fully saturated rings. The topological polar surface area (TPSA) is 45.6 Å². The van der Waals surface area contributed by atoms with Crippen LogP contribution in [-0.2, 0) is 11.3 Å². The first-order valence-corrected chi connectivity index (χ1v) is 7.39. The standard InChI is InChI=1S/C13H22N2O2S/c1-9(2)13-14-11(8-18-13)5-15-4-10(3)17-12(6-15)7-16/h8-10,12,16H,4-7H2,1-3H3. The fraction of sp³-hybridized carbons (Fsp3) is 0.769. The van der Waals surface area contributed by atoms with Gasteiger partial charge in [-0.2, -0.15) is 0 Å². The highest BCUT2D eigenvalue weighted by atomic mass is 32.1. The van der Waals surface area contributed by atoms with Crippen molar-refractivity contribution in [2.45, 2.75) is 45.4 Å². The third kappa shape index (κ3) is 3.51. The van der Waals surface area contributed by atoms with E-state index in [2.05, 4.69) is 36.0 Å². The zero-order chi connectivity index (χ0) is 13.1. The van der Waals surface area contributed by atoms with E-state index in [-0.39, 0.29) is 18.8 Å². The minimum Gasteiger partial charge on any atom is -0.394 e. The molecule has 2 unspecified atom stereocenters. The Kier molecular flexibility index (Phi) is 4.72. The molecule has 1 aromatic rings. The molecule has 18 heavy (non-hydrogen) atoms. The fourth-order valence-corrected chi connectivity index (χ4v) is 3.09. The maximum Gasteiger partial charge on any atom is 0.0954 e. The van der Waals surface area contributed by atoms with Gasteiger partial charge in [0, 0.05) is 30.9 Å². The molecule has 1 aliphatic rings. The summed E-state index contributed by atoms with van der Waals surface area (Å²) in [4.78, 5) is 6.97. The summed E-state index contributed by atoms with van der Waals surface area (Å²) in [6.07, 6.45) is 0.121. The molecule has 2 heterocycles. The summed E-state index contributed by atoms with van der Waals surface area (Å²) in [6.45, 7) is 9.03. The van der Waals surface area contributed by atoms with E-state index < -0.39 is 0 Å². The molecule has 102 valence electrons. The van der Waals surface area contributed by atoms with Crippen molar-refractivity contribution in [1.29, 1.82) is 0 Å². The van der Waals surface area contributed by atoms with Crippen molar-refractivity contribution in [2.24, 2.45) is 0 Å². The first-order chi connectivity index (χ1) is 8.58. The molecule has 0 aliphatic carbocycles. The molecule has 4 nitrogen and oxygen atoms in total. The molecular formula is C13H22N2O2S. The van der Waals surface area contributed by atoms with Gasteiger partial charge in [0.15, 0.2) is 0 Å². The summed E-state index contributed by atoms with van der Waals surface area (Å²) in [5.74, 6) is 0.498.